The van der Waals surface area contributed by atoms with Gasteiger partial charge in [0.25, 0.3) is 0 Å². The maximum Gasteiger partial charge on any atom is 0.231 e. The van der Waals surface area contributed by atoms with Gasteiger partial charge in [-0.2, -0.15) is 0 Å². The Morgan fingerprint density at radius 1 is 1.35 bits per heavy atom. The molecule has 0 amide bonds. The van der Waals surface area contributed by atoms with E-state index in [0.29, 0.717) is 6.16 Å². The average molecular weight is 295 g/mol. The molecule has 1 unspecified atom stereocenters. The van der Waals surface area contributed by atoms with Crippen molar-refractivity contribution in [3.05, 3.63) is 30.3 Å². The average Bonchev–Trinajstić information content (AvgIpc) is 3.21. The van der Waals surface area contributed by atoms with Crippen LogP contribution in [0.1, 0.15) is 26.2 Å². The van der Waals surface area contributed by atoms with Crippen molar-refractivity contribution in [3.8, 4) is 0 Å². The summed E-state index contributed by atoms with van der Waals surface area (Å²) < 4.78 is 18.5. The minimum Gasteiger partial charge on any atom is -0.329 e. The smallest absolute Gasteiger partial charge is 0.231 e. The van der Waals surface area contributed by atoms with Gasteiger partial charge in [0.1, 0.15) is 0 Å². The van der Waals surface area contributed by atoms with Gasteiger partial charge in [-0.25, -0.2) is 0 Å². The normalized spacial score (nSPS) is 28.4. The van der Waals surface area contributed by atoms with E-state index in [0.717, 1.165) is 17.6 Å². The zero-order valence-corrected chi connectivity index (χ0v) is 13.9. The van der Waals surface area contributed by atoms with Crippen LogP contribution in [0.5, 0.6) is 0 Å². The monoisotopic (exact) mass is 295 g/mol. The molecular weight excluding hydrogens is 269 g/mol. The van der Waals surface area contributed by atoms with Crippen LogP contribution in [0.2, 0.25) is 0 Å². The lowest BCUT2D eigenvalue weighted by atomic mass is 10.1. The van der Waals surface area contributed by atoms with Gasteiger partial charge in [-0.15, -0.1) is 0 Å². The fraction of sp³-hybridized carbons (Fsp3) is 0.625. The Morgan fingerprint density at radius 2 is 2.00 bits per heavy atom. The minimum absolute atomic E-state index is 0.234. The number of hydrogen-bond donors (Lipinski definition) is 0. The van der Waals surface area contributed by atoms with Crippen LogP contribution in [0, 0.1) is 5.92 Å². The summed E-state index contributed by atoms with van der Waals surface area (Å²) in [5.41, 5.74) is 0.234. The molecule has 20 heavy (non-hydrogen) atoms. The Bertz CT molecular complexity index is 489. The molecular formula is C16H26NO2P. The molecule has 0 aromatic heterocycles. The van der Waals surface area contributed by atoms with Gasteiger partial charge in [0.15, 0.2) is 0 Å². The third-order valence-electron chi connectivity index (χ3n) is 4.87. The van der Waals surface area contributed by atoms with E-state index in [1.165, 1.54) is 12.8 Å². The van der Waals surface area contributed by atoms with E-state index >= 15 is 0 Å². The molecule has 3 atom stereocenters. The molecule has 112 valence electrons. The maximum absolute atomic E-state index is 13.0. The van der Waals surface area contributed by atoms with E-state index in [2.05, 4.69) is 25.9 Å². The lowest BCUT2D eigenvalue weighted by Gasteiger charge is -2.27. The van der Waals surface area contributed by atoms with Crippen molar-refractivity contribution in [1.82, 2.24) is 4.90 Å². The van der Waals surface area contributed by atoms with Crippen LogP contribution in [0.3, 0.4) is 0 Å². The lowest BCUT2D eigenvalue weighted by Crippen LogP contribution is -2.33. The number of nitrogens with zero attached hydrogens (tertiary/aromatic N) is 1. The predicted octanol–water partition coefficient (Wildman–Crippen LogP) is 3.36. The molecule has 3 nitrogen and oxygen atoms in total. The molecule has 0 saturated heterocycles. The van der Waals surface area contributed by atoms with Gasteiger partial charge in [0, 0.05) is 24.1 Å². The van der Waals surface area contributed by atoms with Crippen LogP contribution in [0.15, 0.2) is 30.3 Å². The third kappa shape index (κ3) is 2.86. The molecule has 2 rings (SSSR count). The van der Waals surface area contributed by atoms with Crippen molar-refractivity contribution in [2.45, 2.75) is 31.7 Å². The summed E-state index contributed by atoms with van der Waals surface area (Å²) in [5, 5.41) is 0.838. The van der Waals surface area contributed by atoms with Gasteiger partial charge in [-0.05, 0) is 45.0 Å². The second kappa shape index (κ2) is 6.01. The van der Waals surface area contributed by atoms with Crippen molar-refractivity contribution in [2.75, 3.05) is 27.4 Å². The number of hydrogen-bond acceptors (Lipinski definition) is 3. The lowest BCUT2D eigenvalue weighted by molar-refractivity contribution is 0.239. The number of benzene rings is 1. The van der Waals surface area contributed by atoms with Crippen LogP contribution in [0.25, 0.3) is 0 Å². The molecule has 0 aliphatic heterocycles. The predicted molar refractivity (Wildman–Crippen MR) is 85.0 cm³/mol. The van der Waals surface area contributed by atoms with Crippen molar-refractivity contribution in [3.63, 3.8) is 0 Å². The number of rotatable bonds is 7. The van der Waals surface area contributed by atoms with Crippen molar-refractivity contribution in [2.24, 2.45) is 5.92 Å². The Labute approximate surface area is 122 Å². The fourth-order valence-electron chi connectivity index (χ4n) is 3.29. The van der Waals surface area contributed by atoms with Gasteiger partial charge in [0.2, 0.25) is 7.37 Å². The molecule has 1 fully saturated rings. The van der Waals surface area contributed by atoms with E-state index in [-0.39, 0.29) is 5.54 Å². The van der Waals surface area contributed by atoms with Crippen LogP contribution in [-0.4, -0.2) is 37.8 Å². The summed E-state index contributed by atoms with van der Waals surface area (Å²) in [4.78, 5) is 2.31. The molecule has 0 spiro atoms. The first-order chi connectivity index (χ1) is 9.48. The van der Waals surface area contributed by atoms with Crippen molar-refractivity contribution in [1.29, 1.82) is 0 Å². The highest BCUT2D eigenvalue weighted by Gasteiger charge is 2.54. The summed E-state index contributed by atoms with van der Waals surface area (Å²) in [5.74, 6) is 0.735. The molecule has 1 aromatic rings. The molecule has 1 aliphatic rings. The Hall–Kier alpha value is -0.630. The first-order valence-electron chi connectivity index (χ1n) is 7.36. The quantitative estimate of drug-likeness (QED) is 0.722. The highest BCUT2D eigenvalue weighted by molar-refractivity contribution is 7.66. The van der Waals surface area contributed by atoms with Crippen molar-refractivity contribution < 1.29 is 9.09 Å². The van der Waals surface area contributed by atoms with E-state index < -0.39 is 7.37 Å². The zero-order valence-electron chi connectivity index (χ0n) is 13.0. The van der Waals surface area contributed by atoms with Crippen LogP contribution in [0.4, 0.5) is 0 Å². The third-order valence-corrected chi connectivity index (χ3v) is 7.35. The summed E-state index contributed by atoms with van der Waals surface area (Å²) >= 11 is 0. The van der Waals surface area contributed by atoms with Crippen LogP contribution < -0.4 is 5.30 Å². The summed E-state index contributed by atoms with van der Waals surface area (Å²) in [6.07, 6.45) is 3.98. The fourth-order valence-corrected chi connectivity index (χ4v) is 5.25. The molecule has 0 heterocycles. The highest BCUT2D eigenvalue weighted by Crippen LogP contribution is 2.56. The second-order valence-electron chi connectivity index (χ2n) is 5.97. The summed E-state index contributed by atoms with van der Waals surface area (Å²) in [6.45, 7) is 2.24. The largest absolute Gasteiger partial charge is 0.329 e. The van der Waals surface area contributed by atoms with Gasteiger partial charge < -0.3 is 9.42 Å². The second-order valence-corrected chi connectivity index (χ2v) is 8.65. The van der Waals surface area contributed by atoms with Gasteiger partial charge in [-0.3, -0.25) is 4.57 Å². The van der Waals surface area contributed by atoms with Crippen LogP contribution >= 0.6 is 7.37 Å². The van der Waals surface area contributed by atoms with E-state index in [4.69, 9.17) is 4.52 Å². The Kier molecular flexibility index (Phi) is 4.73. The zero-order chi connectivity index (χ0) is 14.8. The SMILES string of the molecule is CC[C@@H]1C[C@]1(CCP(=O)(OC)c1ccccc1)N(C)C. The standard InChI is InChI=1S/C16H26NO2P/c1-5-14-13-16(14,17(2)3)11-12-20(18,19-4)15-9-7-6-8-10-15/h6-10,14H,5,11-13H2,1-4H3/t14-,16+,20?/m1/s1. The first-order valence-corrected chi connectivity index (χ1v) is 9.17. The van der Waals surface area contributed by atoms with Gasteiger partial charge >= 0.3 is 0 Å². The van der Waals surface area contributed by atoms with E-state index in [1.54, 1.807) is 7.11 Å². The first kappa shape index (κ1) is 15.8. The molecule has 1 aliphatic carbocycles. The summed E-state index contributed by atoms with van der Waals surface area (Å²) in [7, 11) is 3.13. The van der Waals surface area contributed by atoms with Gasteiger partial charge in [-0.1, -0.05) is 31.5 Å². The van der Waals surface area contributed by atoms with Crippen LogP contribution in [-0.2, 0) is 9.09 Å². The molecule has 0 bridgehead atoms. The molecule has 1 aromatic carbocycles. The topological polar surface area (TPSA) is 29.5 Å². The highest BCUT2D eigenvalue weighted by atomic mass is 31.2. The Balaban J connectivity index is 2.10. The molecule has 0 radical (unpaired) electrons. The molecule has 4 heteroatoms. The van der Waals surface area contributed by atoms with E-state index in [1.807, 2.05) is 30.3 Å². The molecule has 0 N–H and O–H groups in total. The summed E-state index contributed by atoms with van der Waals surface area (Å²) in [6, 6.07) is 9.62. The minimum atomic E-state index is -2.71. The Morgan fingerprint density at radius 3 is 2.45 bits per heavy atom. The molecule has 1 saturated carbocycles. The maximum atomic E-state index is 13.0. The van der Waals surface area contributed by atoms with Gasteiger partial charge in [0.05, 0.1) is 0 Å². The van der Waals surface area contributed by atoms with E-state index in [9.17, 15) is 4.57 Å². The van der Waals surface area contributed by atoms with Crippen molar-refractivity contribution >= 4 is 12.7 Å².